The van der Waals surface area contributed by atoms with Crippen molar-refractivity contribution in [3.63, 3.8) is 0 Å². The molecule has 4 aromatic rings. The number of benzene rings is 4. The molecule has 0 radical (unpaired) electrons. The number of hydrogen-bond donors (Lipinski definition) is 12. The number of aromatic hydroxyl groups is 11. The van der Waals surface area contributed by atoms with Gasteiger partial charge >= 0.3 is 35.8 Å². The summed E-state index contributed by atoms with van der Waals surface area (Å²) in [7, 11) is 0. The molecule has 27 nitrogen and oxygen atoms in total. The lowest BCUT2D eigenvalue weighted by Crippen LogP contribution is -2.63. The first-order valence-electron chi connectivity index (χ1n) is 19.2. The van der Waals surface area contributed by atoms with Crippen molar-refractivity contribution in [3.05, 3.63) is 58.1 Å². The van der Waals surface area contributed by atoms with E-state index in [1.54, 1.807) is 0 Å². The predicted molar refractivity (Wildman–Crippen MR) is 206 cm³/mol. The Balaban J connectivity index is 1.38. The predicted octanol–water partition coefficient (Wildman–Crippen LogP) is -0.303. The number of esters is 6. The third kappa shape index (κ3) is 7.31. The van der Waals surface area contributed by atoms with Gasteiger partial charge in [0.1, 0.15) is 25.2 Å². The Labute approximate surface area is 374 Å². The maximum absolute atomic E-state index is 14.6. The third-order valence-electron chi connectivity index (χ3n) is 11.1. The molecule has 4 aliphatic heterocycles. The van der Waals surface area contributed by atoms with Gasteiger partial charge in [-0.2, -0.15) is 0 Å². The zero-order chi connectivity index (χ0) is 49.4. The van der Waals surface area contributed by atoms with E-state index in [-0.39, 0.29) is 6.47 Å². The minimum absolute atomic E-state index is 0.193. The Morgan fingerprint density at radius 1 is 0.618 bits per heavy atom. The van der Waals surface area contributed by atoms with Gasteiger partial charge in [0.25, 0.3) is 6.47 Å². The summed E-state index contributed by atoms with van der Waals surface area (Å²) in [6.07, 6.45) is -14.6. The fourth-order valence-electron chi connectivity index (χ4n) is 7.95. The quantitative estimate of drug-likeness (QED) is 0.0401. The molecule has 8 rings (SSSR count). The van der Waals surface area contributed by atoms with E-state index in [0.29, 0.717) is 30.3 Å². The lowest BCUT2D eigenvalue weighted by molar-refractivity contribution is -0.287. The summed E-state index contributed by atoms with van der Waals surface area (Å²) in [5.41, 5.74) is -6.86. The number of phenols is 11. The third-order valence-corrected chi connectivity index (χ3v) is 11.1. The Kier molecular flexibility index (Phi) is 11.2. The molecule has 68 heavy (non-hydrogen) atoms. The summed E-state index contributed by atoms with van der Waals surface area (Å²) in [5, 5.41) is 127. The highest BCUT2D eigenvalue weighted by Crippen LogP contribution is 2.54. The van der Waals surface area contributed by atoms with Crippen LogP contribution in [0.1, 0.15) is 52.9 Å². The Bertz CT molecular complexity index is 2860. The number of ether oxygens (including phenoxy) is 8. The molecule has 4 aromatic carbocycles. The van der Waals surface area contributed by atoms with Gasteiger partial charge in [-0.05, 0) is 30.3 Å². The van der Waals surface area contributed by atoms with Crippen LogP contribution in [0.2, 0.25) is 0 Å². The molecule has 0 spiro atoms. The van der Waals surface area contributed by atoms with Crippen LogP contribution < -0.4 is 4.74 Å². The van der Waals surface area contributed by atoms with Gasteiger partial charge in [0.2, 0.25) is 29.6 Å². The fourth-order valence-corrected chi connectivity index (χ4v) is 7.95. The van der Waals surface area contributed by atoms with Crippen molar-refractivity contribution in [3.8, 4) is 80.1 Å². The van der Waals surface area contributed by atoms with Crippen molar-refractivity contribution in [2.24, 2.45) is 5.92 Å². The molecule has 1 saturated heterocycles. The van der Waals surface area contributed by atoms with Crippen LogP contribution in [0, 0.1) is 5.92 Å². The summed E-state index contributed by atoms with van der Waals surface area (Å²) in [6.45, 7) is -2.60. The molecule has 8 atom stereocenters. The highest BCUT2D eigenvalue weighted by Gasteiger charge is 2.58. The maximum atomic E-state index is 14.6. The number of hydrogen-bond acceptors (Lipinski definition) is 27. The number of carbonyl (C=O) groups excluding carboxylic acids is 7. The first-order chi connectivity index (χ1) is 32.1. The van der Waals surface area contributed by atoms with Crippen LogP contribution >= 0.6 is 0 Å². The van der Waals surface area contributed by atoms with E-state index in [1.807, 2.05) is 0 Å². The van der Waals surface area contributed by atoms with Crippen LogP contribution in [-0.2, 0) is 47.5 Å². The van der Waals surface area contributed by atoms with E-state index in [4.69, 9.17) is 37.9 Å². The molecule has 0 saturated carbocycles. The van der Waals surface area contributed by atoms with E-state index in [0.717, 1.165) is 0 Å². The minimum atomic E-state index is -2.55. The monoisotopic (exact) mass is 954 g/mol. The summed E-state index contributed by atoms with van der Waals surface area (Å²) >= 11 is 0. The normalized spacial score (nSPS) is 24.2. The summed E-state index contributed by atoms with van der Waals surface area (Å²) in [6, 6.07) is 2.46. The zero-order valence-corrected chi connectivity index (χ0v) is 33.5. The molecule has 4 aliphatic rings. The van der Waals surface area contributed by atoms with Gasteiger partial charge in [-0.15, -0.1) is 0 Å². The molecule has 0 aromatic heterocycles. The van der Waals surface area contributed by atoms with Crippen LogP contribution in [0.15, 0.2) is 30.3 Å². The van der Waals surface area contributed by atoms with Gasteiger partial charge in [0.15, 0.2) is 70.1 Å². The number of aliphatic hydroxyl groups excluding tert-OH is 1. The number of carbonyl (C=O) groups is 7. The van der Waals surface area contributed by atoms with E-state index in [2.05, 4.69) is 0 Å². The molecule has 4 heterocycles. The molecule has 27 heteroatoms. The van der Waals surface area contributed by atoms with Crippen molar-refractivity contribution in [1.29, 1.82) is 0 Å². The van der Waals surface area contributed by atoms with Crippen LogP contribution in [0.4, 0.5) is 0 Å². The first kappa shape index (κ1) is 45.5. The molecule has 0 amide bonds. The van der Waals surface area contributed by atoms with Gasteiger partial charge in [-0.1, -0.05) is 0 Å². The zero-order valence-electron chi connectivity index (χ0n) is 33.5. The molecule has 0 aliphatic carbocycles. The van der Waals surface area contributed by atoms with Crippen LogP contribution in [0.25, 0.3) is 11.1 Å². The molecule has 8 unspecified atom stereocenters. The van der Waals surface area contributed by atoms with Crippen molar-refractivity contribution < 1.29 is 133 Å². The number of fused-ring (bicyclic) bond motifs is 3. The minimum Gasteiger partial charge on any atom is -0.504 e. The van der Waals surface area contributed by atoms with Gasteiger partial charge in [-0.25, -0.2) is 24.0 Å². The Hall–Kier alpha value is -9.11. The highest BCUT2D eigenvalue weighted by molar-refractivity contribution is 6.08. The van der Waals surface area contributed by atoms with Crippen LogP contribution in [-0.4, -0.2) is 154 Å². The topological polar surface area (TPSA) is 436 Å². The van der Waals surface area contributed by atoms with Crippen molar-refractivity contribution in [2.45, 2.75) is 42.7 Å². The average molecular weight is 955 g/mol. The van der Waals surface area contributed by atoms with Crippen molar-refractivity contribution in [2.75, 3.05) is 13.2 Å². The van der Waals surface area contributed by atoms with E-state index in [9.17, 15) is 94.8 Å². The lowest BCUT2D eigenvalue weighted by atomic mass is 9.77. The average Bonchev–Trinajstić information content (AvgIpc) is 3.30. The summed E-state index contributed by atoms with van der Waals surface area (Å²) in [4.78, 5) is 96.1. The largest absolute Gasteiger partial charge is 0.504 e. The number of cyclic esters (lactones) is 1. The van der Waals surface area contributed by atoms with Crippen LogP contribution in [0.3, 0.4) is 0 Å². The molecule has 4 bridgehead atoms. The molecule has 12 N–H and O–H groups in total. The lowest BCUT2D eigenvalue weighted by Gasteiger charge is -2.44. The number of rotatable bonds is 5. The van der Waals surface area contributed by atoms with Gasteiger partial charge in [0.05, 0.1) is 22.3 Å². The second-order valence-electron chi connectivity index (χ2n) is 15.0. The van der Waals surface area contributed by atoms with Crippen LogP contribution in [0.5, 0.6) is 69.0 Å². The van der Waals surface area contributed by atoms with Crippen molar-refractivity contribution in [1.82, 2.24) is 0 Å². The first-order valence-corrected chi connectivity index (χ1v) is 19.2. The Morgan fingerprint density at radius 3 is 1.75 bits per heavy atom. The maximum Gasteiger partial charge on any atom is 0.341 e. The van der Waals surface area contributed by atoms with Gasteiger partial charge in [-0.3, -0.25) is 9.59 Å². The van der Waals surface area contributed by atoms with E-state index >= 15 is 0 Å². The van der Waals surface area contributed by atoms with Gasteiger partial charge in [0, 0.05) is 22.6 Å². The molecular weight excluding hydrogens is 924 g/mol. The smallest absolute Gasteiger partial charge is 0.341 e. The molecule has 1 fully saturated rings. The molecule has 356 valence electrons. The van der Waals surface area contributed by atoms with E-state index in [1.165, 1.54) is 0 Å². The standard InChI is InChI=1S/C41H30O27/c42-8-61-6-13-22-23-12(5-18(47)27(51)32(23)65-40(60)30(22)54)38(58)67-34-33-31(64-39(13)59)19(63-41(34)68-35(55)9-1-14(43)24(48)15(44)2-9)7-62-36(56)10-3-16(45)25(49)28(52)20(10)21-11(37(57)66-33)4-17(46)26(50)29(21)53/h1-5,8,13,19,22,30-31,33-34,41,43-54H,6-7H2. The second kappa shape index (κ2) is 16.7. The summed E-state index contributed by atoms with van der Waals surface area (Å²) < 4.78 is 43.9. The number of phenolic OH excluding ortho intramolecular Hbond substituents is 11. The summed E-state index contributed by atoms with van der Waals surface area (Å²) in [5.74, 6) is -29.4. The SMILES string of the molecule is O=COCC1C(=O)OC2C3COC(=O)c4cc(O)c(O)c(O)c4-c4c(cc(O)c(O)c4O)C(=O)OC2C(OC(=O)c2cc(O)c(O)c4c2C1C(O)C(=O)O4)C(OC(=O)c1cc(O)c(O)c(O)c1)O3. The van der Waals surface area contributed by atoms with Gasteiger partial charge < -0.3 is 99.2 Å². The van der Waals surface area contributed by atoms with Crippen molar-refractivity contribution >= 4 is 42.3 Å². The fraction of sp³-hybridized carbons (Fsp3) is 0.244. The Morgan fingerprint density at radius 2 is 1.15 bits per heavy atom. The second-order valence-corrected chi connectivity index (χ2v) is 15.0. The number of aliphatic hydroxyl groups is 1. The van der Waals surface area contributed by atoms with E-state index < -0.39 is 206 Å². The molecular formula is C41H30O27. The highest BCUT2D eigenvalue weighted by atomic mass is 16.7.